The number of carboxylic acids is 1. The van der Waals surface area contributed by atoms with Gasteiger partial charge in [0.15, 0.2) is 0 Å². The first kappa shape index (κ1) is 10.9. The van der Waals surface area contributed by atoms with Gasteiger partial charge in [-0.3, -0.25) is 9.59 Å². The van der Waals surface area contributed by atoms with Crippen LogP contribution in [0.3, 0.4) is 0 Å². The number of nitrogens with two attached hydrogens (primary N) is 1. The van der Waals surface area contributed by atoms with Crippen LogP contribution in [0.1, 0.15) is 19.8 Å². The molecule has 0 fully saturated rings. The molecule has 0 saturated carbocycles. The predicted octanol–water partition coefficient (Wildman–Crippen LogP) is -0.685. The second kappa shape index (κ2) is 5.54. The normalized spacial score (nSPS) is 12.2. The Kier molecular flexibility index (Phi) is 5.03. The Balaban J connectivity index is 3.63. The van der Waals surface area contributed by atoms with Crippen LogP contribution in [0, 0.1) is 0 Å². The summed E-state index contributed by atoms with van der Waals surface area (Å²) in [5.41, 5.74) is 5.38. The average molecular weight is 174 g/mol. The largest absolute Gasteiger partial charge is 0.481 e. The van der Waals surface area contributed by atoms with E-state index in [1.165, 1.54) is 0 Å². The number of likely N-dealkylation sites (N-methyl/N-ethyl adjacent to an activating group) is 1. The van der Waals surface area contributed by atoms with E-state index >= 15 is 0 Å². The summed E-state index contributed by atoms with van der Waals surface area (Å²) in [5, 5.41) is 10.8. The van der Waals surface area contributed by atoms with Crippen molar-refractivity contribution in [3.05, 3.63) is 0 Å². The predicted molar refractivity (Wildman–Crippen MR) is 43.5 cm³/mol. The van der Waals surface area contributed by atoms with Crippen LogP contribution < -0.4 is 11.1 Å². The highest BCUT2D eigenvalue weighted by atomic mass is 16.4. The first-order chi connectivity index (χ1) is 5.57. The molecule has 0 heterocycles. The first-order valence-corrected chi connectivity index (χ1v) is 3.83. The van der Waals surface area contributed by atoms with Crippen molar-refractivity contribution in [2.45, 2.75) is 25.8 Å². The van der Waals surface area contributed by atoms with Gasteiger partial charge in [0.25, 0.3) is 0 Å². The lowest BCUT2D eigenvalue weighted by atomic mass is 10.1. The number of rotatable bonds is 5. The first-order valence-electron chi connectivity index (χ1n) is 3.83. The highest BCUT2D eigenvalue weighted by Gasteiger charge is 2.13. The van der Waals surface area contributed by atoms with Crippen molar-refractivity contribution < 1.29 is 14.7 Å². The lowest BCUT2D eigenvalue weighted by Crippen LogP contribution is -2.40. The number of hydrogen-bond donors (Lipinski definition) is 3. The Hall–Kier alpha value is -1.10. The molecule has 0 saturated heterocycles. The van der Waals surface area contributed by atoms with Crippen LogP contribution >= 0.6 is 0 Å². The van der Waals surface area contributed by atoms with Crippen molar-refractivity contribution in [1.82, 2.24) is 5.32 Å². The number of hydrogen-bond acceptors (Lipinski definition) is 3. The third-order valence-electron chi connectivity index (χ3n) is 1.36. The van der Waals surface area contributed by atoms with Gasteiger partial charge in [-0.05, 0) is 13.3 Å². The van der Waals surface area contributed by atoms with Gasteiger partial charge in [0.05, 0.1) is 6.04 Å². The standard InChI is InChI=1S/C7H14N2O3/c1-2-9-7(12)5(8)3-4-6(10)11/h5H,2-4,8H2,1H3,(H,9,12)(H,10,11). The van der Waals surface area contributed by atoms with E-state index in [4.69, 9.17) is 10.8 Å². The molecule has 0 rings (SSSR count). The van der Waals surface area contributed by atoms with Gasteiger partial charge in [0.1, 0.15) is 0 Å². The fourth-order valence-electron chi connectivity index (χ4n) is 0.715. The van der Waals surface area contributed by atoms with E-state index < -0.39 is 12.0 Å². The monoisotopic (exact) mass is 174 g/mol. The summed E-state index contributed by atoms with van der Waals surface area (Å²) >= 11 is 0. The van der Waals surface area contributed by atoms with E-state index in [1.807, 2.05) is 0 Å². The Morgan fingerprint density at radius 2 is 2.17 bits per heavy atom. The molecule has 0 aromatic heterocycles. The highest BCUT2D eigenvalue weighted by molar-refractivity contribution is 5.82. The molecular weight excluding hydrogens is 160 g/mol. The molecule has 1 unspecified atom stereocenters. The van der Waals surface area contributed by atoms with Gasteiger partial charge in [-0.25, -0.2) is 0 Å². The Morgan fingerprint density at radius 3 is 2.58 bits per heavy atom. The molecule has 1 amide bonds. The third-order valence-corrected chi connectivity index (χ3v) is 1.36. The zero-order chi connectivity index (χ0) is 9.56. The van der Waals surface area contributed by atoms with Gasteiger partial charge in [-0.2, -0.15) is 0 Å². The van der Waals surface area contributed by atoms with E-state index in [9.17, 15) is 9.59 Å². The molecule has 0 radical (unpaired) electrons. The molecule has 0 bridgehead atoms. The van der Waals surface area contributed by atoms with Crippen LogP contribution in [0.25, 0.3) is 0 Å². The molecule has 0 aromatic carbocycles. The number of amides is 1. The minimum Gasteiger partial charge on any atom is -0.481 e. The number of nitrogens with one attached hydrogen (secondary N) is 1. The van der Waals surface area contributed by atoms with Gasteiger partial charge in [0.2, 0.25) is 5.91 Å². The second-order valence-electron chi connectivity index (χ2n) is 2.43. The van der Waals surface area contributed by atoms with Crippen molar-refractivity contribution in [2.75, 3.05) is 6.54 Å². The van der Waals surface area contributed by atoms with Crippen LogP contribution in [0.2, 0.25) is 0 Å². The lowest BCUT2D eigenvalue weighted by molar-refractivity contribution is -0.137. The Bertz CT molecular complexity index is 170. The van der Waals surface area contributed by atoms with E-state index in [-0.39, 0.29) is 18.7 Å². The minimum atomic E-state index is -0.935. The maximum atomic E-state index is 10.9. The fourth-order valence-corrected chi connectivity index (χ4v) is 0.715. The second-order valence-corrected chi connectivity index (χ2v) is 2.43. The van der Waals surface area contributed by atoms with Crippen molar-refractivity contribution in [2.24, 2.45) is 5.73 Å². The summed E-state index contributed by atoms with van der Waals surface area (Å²) in [6, 6.07) is -0.707. The van der Waals surface area contributed by atoms with Gasteiger partial charge < -0.3 is 16.2 Å². The Morgan fingerprint density at radius 1 is 1.58 bits per heavy atom. The summed E-state index contributed by atoms with van der Waals surface area (Å²) < 4.78 is 0. The molecule has 5 nitrogen and oxygen atoms in total. The summed E-state index contributed by atoms with van der Waals surface area (Å²) in [6.07, 6.45) is 0.111. The van der Waals surface area contributed by atoms with Crippen LogP contribution in [0.15, 0.2) is 0 Å². The maximum absolute atomic E-state index is 10.9. The van der Waals surface area contributed by atoms with Crippen molar-refractivity contribution in [3.8, 4) is 0 Å². The average Bonchev–Trinajstić information content (AvgIpc) is 2.00. The molecule has 0 aromatic rings. The van der Waals surface area contributed by atoms with Gasteiger partial charge in [0, 0.05) is 13.0 Å². The van der Waals surface area contributed by atoms with Crippen LogP contribution in [0.4, 0.5) is 0 Å². The number of carboxylic acid groups (broad SMARTS) is 1. The SMILES string of the molecule is CCNC(=O)C(N)CCC(=O)O. The lowest BCUT2D eigenvalue weighted by Gasteiger charge is -2.08. The van der Waals surface area contributed by atoms with Crippen LogP contribution in [0.5, 0.6) is 0 Å². The zero-order valence-electron chi connectivity index (χ0n) is 7.04. The Labute approximate surface area is 70.9 Å². The van der Waals surface area contributed by atoms with Crippen LogP contribution in [-0.4, -0.2) is 29.6 Å². The van der Waals surface area contributed by atoms with Crippen molar-refractivity contribution >= 4 is 11.9 Å². The molecule has 0 spiro atoms. The molecule has 0 aliphatic rings. The molecule has 70 valence electrons. The van der Waals surface area contributed by atoms with E-state index in [0.29, 0.717) is 6.54 Å². The van der Waals surface area contributed by atoms with Gasteiger partial charge in [-0.1, -0.05) is 0 Å². The molecule has 0 aliphatic heterocycles. The number of carbonyl (C=O) groups is 2. The van der Waals surface area contributed by atoms with Gasteiger partial charge >= 0.3 is 5.97 Å². The van der Waals surface area contributed by atoms with E-state index in [1.54, 1.807) is 6.92 Å². The topological polar surface area (TPSA) is 92.4 Å². The summed E-state index contributed by atoms with van der Waals surface area (Å²) in [6.45, 7) is 2.29. The van der Waals surface area contributed by atoms with Crippen molar-refractivity contribution in [3.63, 3.8) is 0 Å². The van der Waals surface area contributed by atoms with Crippen LogP contribution in [-0.2, 0) is 9.59 Å². The molecule has 0 aliphatic carbocycles. The molecule has 5 heteroatoms. The number of carbonyl (C=O) groups excluding carboxylic acids is 1. The van der Waals surface area contributed by atoms with E-state index in [0.717, 1.165) is 0 Å². The molecular formula is C7H14N2O3. The highest BCUT2D eigenvalue weighted by Crippen LogP contribution is 1.93. The molecule has 4 N–H and O–H groups in total. The zero-order valence-corrected chi connectivity index (χ0v) is 7.04. The summed E-state index contributed by atoms with van der Waals surface area (Å²) in [4.78, 5) is 21.0. The molecule has 1 atom stereocenters. The minimum absolute atomic E-state index is 0.0711. The maximum Gasteiger partial charge on any atom is 0.303 e. The van der Waals surface area contributed by atoms with E-state index in [2.05, 4.69) is 5.32 Å². The number of aliphatic carboxylic acids is 1. The summed E-state index contributed by atoms with van der Waals surface area (Å²) in [5.74, 6) is -1.23. The smallest absolute Gasteiger partial charge is 0.303 e. The van der Waals surface area contributed by atoms with Gasteiger partial charge in [-0.15, -0.1) is 0 Å². The fraction of sp³-hybridized carbons (Fsp3) is 0.714. The quantitative estimate of drug-likeness (QED) is 0.514. The third kappa shape index (κ3) is 4.68. The van der Waals surface area contributed by atoms with Crippen molar-refractivity contribution in [1.29, 1.82) is 0 Å². The molecule has 12 heavy (non-hydrogen) atoms. The summed E-state index contributed by atoms with van der Waals surface area (Å²) in [7, 11) is 0.